The molecular weight excluding hydrogens is 512 g/mol. The lowest BCUT2D eigenvalue weighted by molar-refractivity contribution is -0.123. The number of benzene rings is 1. The summed E-state index contributed by atoms with van der Waals surface area (Å²) in [5, 5.41) is 6.48. The van der Waals surface area contributed by atoms with Gasteiger partial charge >= 0.3 is 0 Å². The molecule has 0 spiro atoms. The molecule has 1 saturated heterocycles. The number of carbonyl (C=O) groups is 2. The van der Waals surface area contributed by atoms with Crippen molar-refractivity contribution in [2.24, 2.45) is 11.8 Å². The Morgan fingerprint density at radius 2 is 1.78 bits per heavy atom. The second-order valence-corrected chi connectivity index (χ2v) is 12.9. The van der Waals surface area contributed by atoms with Crippen LogP contribution in [-0.4, -0.2) is 50.6 Å². The topological polar surface area (TPSA) is 108 Å². The molecule has 2 N–H and O–H groups in total. The fourth-order valence-electron chi connectivity index (χ4n) is 5.11. The number of nitrogens with zero attached hydrogens (tertiary/aromatic N) is 2. The van der Waals surface area contributed by atoms with Crippen LogP contribution in [0, 0.1) is 11.8 Å². The van der Waals surface area contributed by atoms with Crippen LogP contribution in [0.4, 0.5) is 11.5 Å². The van der Waals surface area contributed by atoms with Crippen LogP contribution in [-0.2, 0) is 14.6 Å². The predicted octanol–water partition coefficient (Wildman–Crippen LogP) is 4.69. The van der Waals surface area contributed by atoms with Crippen molar-refractivity contribution in [1.82, 2.24) is 10.3 Å². The van der Waals surface area contributed by atoms with Gasteiger partial charge in [0.2, 0.25) is 5.91 Å². The molecule has 200 valence electrons. The third kappa shape index (κ3) is 7.45. The van der Waals surface area contributed by atoms with E-state index in [4.69, 9.17) is 11.6 Å². The van der Waals surface area contributed by atoms with E-state index in [0.717, 1.165) is 37.9 Å². The summed E-state index contributed by atoms with van der Waals surface area (Å²) in [5.74, 6) is 1.27. The number of rotatable bonds is 7. The first kappa shape index (κ1) is 27.4. The van der Waals surface area contributed by atoms with E-state index in [1.54, 1.807) is 24.3 Å². The molecule has 0 atom stereocenters. The predicted molar refractivity (Wildman–Crippen MR) is 146 cm³/mol. The summed E-state index contributed by atoms with van der Waals surface area (Å²) < 4.78 is 24.3. The molecule has 2 aromatic rings. The molecule has 0 bridgehead atoms. The van der Waals surface area contributed by atoms with Crippen LogP contribution in [0.25, 0.3) is 0 Å². The largest absolute Gasteiger partial charge is 0.355 e. The molecule has 0 unspecified atom stereocenters. The number of halogens is 1. The van der Waals surface area contributed by atoms with Crippen LogP contribution in [0.2, 0.25) is 5.02 Å². The lowest BCUT2D eigenvalue weighted by Gasteiger charge is -2.34. The summed E-state index contributed by atoms with van der Waals surface area (Å²) in [7, 11) is -3.52. The Balaban J connectivity index is 1.41. The maximum absolute atomic E-state index is 12.9. The Morgan fingerprint density at radius 1 is 1.08 bits per heavy atom. The standard InChI is InChI=1S/C27H35ClN4O4S/c1-18-6-8-22(9-7-18)30-25(33)14-19-10-12-32(13-11-19)26-24(16-23(17-29-26)37(2,35)36)31-27(34)20-4-3-5-21(28)15-20/h3-5,15-19,22H,6-14H2,1-2H3,(H,30,33)(H,31,34). The third-order valence-electron chi connectivity index (χ3n) is 7.37. The molecule has 8 nitrogen and oxygen atoms in total. The number of carbonyl (C=O) groups excluding carboxylic acids is 2. The van der Waals surface area contributed by atoms with E-state index in [-0.39, 0.29) is 16.7 Å². The second kappa shape index (κ2) is 11.8. The molecule has 2 heterocycles. The van der Waals surface area contributed by atoms with Crippen molar-refractivity contribution in [3.8, 4) is 0 Å². The van der Waals surface area contributed by atoms with Crippen molar-refractivity contribution in [3.63, 3.8) is 0 Å². The minimum atomic E-state index is -3.52. The molecule has 37 heavy (non-hydrogen) atoms. The molecule has 1 aliphatic carbocycles. The van der Waals surface area contributed by atoms with Crippen molar-refractivity contribution in [2.75, 3.05) is 29.6 Å². The van der Waals surface area contributed by atoms with Gasteiger partial charge in [0.15, 0.2) is 15.7 Å². The maximum atomic E-state index is 12.9. The highest BCUT2D eigenvalue weighted by atomic mass is 35.5. The van der Waals surface area contributed by atoms with Gasteiger partial charge in [-0.05, 0) is 74.6 Å². The first-order chi connectivity index (χ1) is 17.6. The van der Waals surface area contributed by atoms with E-state index in [2.05, 4.69) is 22.5 Å². The Kier molecular flexibility index (Phi) is 8.75. The van der Waals surface area contributed by atoms with Crippen LogP contribution in [0.5, 0.6) is 0 Å². The van der Waals surface area contributed by atoms with Crippen LogP contribution in [0.3, 0.4) is 0 Å². The smallest absolute Gasteiger partial charge is 0.255 e. The summed E-state index contributed by atoms with van der Waals surface area (Å²) in [5.41, 5.74) is 0.691. The van der Waals surface area contributed by atoms with Crippen LogP contribution in [0.1, 0.15) is 62.2 Å². The molecule has 1 saturated carbocycles. The van der Waals surface area contributed by atoms with Gasteiger partial charge in [0.05, 0.1) is 10.6 Å². The monoisotopic (exact) mass is 546 g/mol. The van der Waals surface area contributed by atoms with Crippen LogP contribution >= 0.6 is 11.6 Å². The second-order valence-electron chi connectivity index (χ2n) is 10.4. The zero-order valence-electron chi connectivity index (χ0n) is 21.4. The summed E-state index contributed by atoms with van der Waals surface area (Å²) in [6, 6.07) is 8.29. The Morgan fingerprint density at radius 3 is 2.43 bits per heavy atom. The molecule has 10 heteroatoms. The molecule has 4 rings (SSSR count). The molecule has 2 fully saturated rings. The maximum Gasteiger partial charge on any atom is 0.255 e. The lowest BCUT2D eigenvalue weighted by atomic mass is 9.87. The Labute approximate surface area is 224 Å². The molecule has 2 amide bonds. The number of amides is 2. The summed E-state index contributed by atoms with van der Waals surface area (Å²) >= 11 is 6.03. The molecule has 2 aliphatic rings. The minimum Gasteiger partial charge on any atom is -0.355 e. The van der Waals surface area contributed by atoms with Gasteiger partial charge in [-0.15, -0.1) is 0 Å². The van der Waals surface area contributed by atoms with Crippen molar-refractivity contribution < 1.29 is 18.0 Å². The quantitative estimate of drug-likeness (QED) is 0.521. The molecule has 1 aliphatic heterocycles. The lowest BCUT2D eigenvalue weighted by Crippen LogP contribution is -2.40. The number of piperidine rings is 1. The van der Waals surface area contributed by atoms with Gasteiger partial charge < -0.3 is 15.5 Å². The SMILES string of the molecule is CC1CCC(NC(=O)CC2CCN(c3ncc(S(C)(=O)=O)cc3NC(=O)c3cccc(Cl)c3)CC2)CC1. The van der Waals surface area contributed by atoms with Crippen molar-refractivity contribution in [3.05, 3.63) is 47.1 Å². The molecule has 1 aromatic carbocycles. The fourth-order valence-corrected chi connectivity index (χ4v) is 5.88. The Bertz CT molecular complexity index is 1240. The third-order valence-corrected chi connectivity index (χ3v) is 8.69. The number of hydrogen-bond acceptors (Lipinski definition) is 6. The van der Waals surface area contributed by atoms with Gasteiger partial charge in [0.25, 0.3) is 5.91 Å². The van der Waals surface area contributed by atoms with E-state index < -0.39 is 15.7 Å². The van der Waals surface area contributed by atoms with Gasteiger partial charge in [-0.2, -0.15) is 0 Å². The van der Waals surface area contributed by atoms with E-state index in [1.807, 2.05) is 4.90 Å². The number of aromatic nitrogens is 1. The number of sulfone groups is 1. The number of hydrogen-bond donors (Lipinski definition) is 2. The van der Waals surface area contributed by atoms with E-state index in [0.29, 0.717) is 47.6 Å². The van der Waals surface area contributed by atoms with Crippen LogP contribution in [0.15, 0.2) is 41.4 Å². The van der Waals surface area contributed by atoms with Crippen molar-refractivity contribution >= 4 is 44.8 Å². The average molecular weight is 547 g/mol. The van der Waals surface area contributed by atoms with Crippen molar-refractivity contribution in [2.45, 2.75) is 62.8 Å². The summed E-state index contributed by atoms with van der Waals surface area (Å²) in [4.78, 5) is 32.0. The normalized spacial score (nSPS) is 20.9. The molecule has 0 radical (unpaired) electrons. The number of anilines is 2. The van der Waals surface area contributed by atoms with E-state index in [1.165, 1.54) is 25.1 Å². The average Bonchev–Trinajstić information content (AvgIpc) is 2.85. The van der Waals surface area contributed by atoms with Gasteiger partial charge in [0, 0.05) is 48.6 Å². The fraction of sp³-hybridized carbons (Fsp3) is 0.519. The van der Waals surface area contributed by atoms with Gasteiger partial charge in [-0.1, -0.05) is 24.6 Å². The highest BCUT2D eigenvalue weighted by Gasteiger charge is 2.27. The van der Waals surface area contributed by atoms with E-state index in [9.17, 15) is 18.0 Å². The number of nitrogens with one attached hydrogen (secondary N) is 2. The first-order valence-electron chi connectivity index (χ1n) is 12.9. The zero-order chi connectivity index (χ0) is 26.6. The highest BCUT2D eigenvalue weighted by Crippen LogP contribution is 2.31. The summed E-state index contributed by atoms with van der Waals surface area (Å²) in [6.45, 7) is 3.58. The number of pyridine rings is 1. The summed E-state index contributed by atoms with van der Waals surface area (Å²) in [6.07, 6.45) is 9.03. The zero-order valence-corrected chi connectivity index (χ0v) is 22.9. The van der Waals surface area contributed by atoms with Gasteiger partial charge in [-0.25, -0.2) is 13.4 Å². The molecular formula is C27H35ClN4O4S. The highest BCUT2D eigenvalue weighted by molar-refractivity contribution is 7.90. The van der Waals surface area contributed by atoms with Crippen LogP contribution < -0.4 is 15.5 Å². The molecule has 1 aromatic heterocycles. The van der Waals surface area contributed by atoms with Gasteiger partial charge in [0.1, 0.15) is 0 Å². The minimum absolute atomic E-state index is 0.0290. The van der Waals surface area contributed by atoms with E-state index >= 15 is 0 Å². The van der Waals surface area contributed by atoms with Crippen molar-refractivity contribution in [1.29, 1.82) is 0 Å². The van der Waals surface area contributed by atoms with Gasteiger partial charge in [-0.3, -0.25) is 9.59 Å². The Hall–Kier alpha value is -2.65. The first-order valence-corrected chi connectivity index (χ1v) is 15.2.